The molecule has 5 heteroatoms. The summed E-state index contributed by atoms with van der Waals surface area (Å²) in [5.74, 6) is 0.657. The van der Waals surface area contributed by atoms with Crippen LogP contribution in [0, 0.1) is 13.8 Å². The van der Waals surface area contributed by atoms with Gasteiger partial charge in [-0.2, -0.15) is 5.10 Å². The van der Waals surface area contributed by atoms with Crippen molar-refractivity contribution in [1.82, 2.24) is 9.78 Å². The Bertz CT molecular complexity index is 930. The van der Waals surface area contributed by atoms with Crippen molar-refractivity contribution in [2.45, 2.75) is 20.3 Å². The molecule has 0 aliphatic carbocycles. The Kier molecular flexibility index (Phi) is 5.07. The van der Waals surface area contributed by atoms with Gasteiger partial charge in [-0.15, -0.1) is 0 Å². The maximum atomic E-state index is 12.7. The summed E-state index contributed by atoms with van der Waals surface area (Å²) in [6.45, 7) is 3.74. The number of nitrogens with one attached hydrogen (secondary N) is 1. The number of methoxy groups -OCH3 is 1. The minimum absolute atomic E-state index is 0.149. The van der Waals surface area contributed by atoms with Gasteiger partial charge >= 0.3 is 0 Å². The zero-order valence-corrected chi connectivity index (χ0v) is 15.5. The summed E-state index contributed by atoms with van der Waals surface area (Å²) >= 11 is 0. The first-order valence-corrected chi connectivity index (χ1v) is 8.52. The second-order valence-corrected chi connectivity index (χ2v) is 6.31. The van der Waals surface area contributed by atoms with Crippen LogP contribution >= 0.6 is 0 Å². The molecule has 2 aromatic carbocycles. The van der Waals surface area contributed by atoms with Gasteiger partial charge in [-0.05, 0) is 37.6 Å². The van der Waals surface area contributed by atoms with Crippen molar-refractivity contribution in [2.75, 3.05) is 12.4 Å². The fourth-order valence-corrected chi connectivity index (χ4v) is 3.11. The van der Waals surface area contributed by atoms with E-state index in [1.54, 1.807) is 11.8 Å². The van der Waals surface area contributed by atoms with Crippen LogP contribution in [0.15, 0.2) is 48.5 Å². The molecule has 0 saturated carbocycles. The molecule has 0 fully saturated rings. The quantitative estimate of drug-likeness (QED) is 0.760. The predicted octanol–water partition coefficient (Wildman–Crippen LogP) is 3.89. The Morgan fingerprint density at radius 3 is 2.50 bits per heavy atom. The number of carbonyl (C=O) groups excluding carboxylic acids is 1. The van der Waals surface area contributed by atoms with Gasteiger partial charge in [0, 0.05) is 30.4 Å². The van der Waals surface area contributed by atoms with E-state index in [4.69, 9.17) is 4.74 Å². The van der Waals surface area contributed by atoms with E-state index < -0.39 is 0 Å². The van der Waals surface area contributed by atoms with Gasteiger partial charge in [-0.3, -0.25) is 9.48 Å². The molecule has 3 rings (SSSR count). The summed E-state index contributed by atoms with van der Waals surface area (Å²) in [6, 6.07) is 15.9. The standard InChI is InChI=1S/C21H23N3O2/c1-14-20(15(2)24(3)23-14)21(25)22-18-10-11-19(26-4)17(13-18)12-16-8-6-5-7-9-16/h5-11,13H,12H2,1-4H3,(H,22,25). The average Bonchev–Trinajstić information content (AvgIpc) is 2.88. The molecule has 0 atom stereocenters. The molecule has 134 valence electrons. The van der Waals surface area contributed by atoms with Crippen molar-refractivity contribution in [3.63, 3.8) is 0 Å². The van der Waals surface area contributed by atoms with Gasteiger partial charge in [-0.25, -0.2) is 0 Å². The molecule has 5 nitrogen and oxygen atoms in total. The number of aromatic nitrogens is 2. The van der Waals surface area contributed by atoms with Gasteiger partial charge in [-0.1, -0.05) is 30.3 Å². The van der Waals surface area contributed by atoms with E-state index in [0.717, 1.165) is 34.8 Å². The van der Waals surface area contributed by atoms with Gasteiger partial charge in [0.15, 0.2) is 0 Å². The first kappa shape index (κ1) is 17.7. The van der Waals surface area contributed by atoms with Crippen molar-refractivity contribution in [3.05, 3.63) is 76.6 Å². The lowest BCUT2D eigenvalue weighted by Crippen LogP contribution is -2.14. The lowest BCUT2D eigenvalue weighted by atomic mass is 10.0. The highest BCUT2D eigenvalue weighted by Gasteiger charge is 2.18. The van der Waals surface area contributed by atoms with Crippen LogP contribution in [0.5, 0.6) is 5.75 Å². The first-order valence-electron chi connectivity index (χ1n) is 8.52. The summed E-state index contributed by atoms with van der Waals surface area (Å²) in [4.78, 5) is 12.7. The predicted molar refractivity (Wildman–Crippen MR) is 103 cm³/mol. The maximum absolute atomic E-state index is 12.7. The monoisotopic (exact) mass is 349 g/mol. The number of ether oxygens (including phenoxy) is 1. The largest absolute Gasteiger partial charge is 0.496 e. The Hall–Kier alpha value is -3.08. The molecule has 0 spiro atoms. The van der Waals surface area contributed by atoms with E-state index in [0.29, 0.717) is 5.56 Å². The van der Waals surface area contributed by atoms with Crippen LogP contribution in [0.2, 0.25) is 0 Å². The number of anilines is 1. The van der Waals surface area contributed by atoms with Gasteiger partial charge in [0.25, 0.3) is 5.91 Å². The lowest BCUT2D eigenvalue weighted by Gasteiger charge is -2.12. The Balaban J connectivity index is 1.86. The molecule has 0 aliphatic rings. The van der Waals surface area contributed by atoms with Crippen LogP contribution in [0.1, 0.15) is 32.9 Å². The fourth-order valence-electron chi connectivity index (χ4n) is 3.11. The molecular weight excluding hydrogens is 326 g/mol. The van der Waals surface area contributed by atoms with Crippen LogP contribution in [0.3, 0.4) is 0 Å². The molecule has 0 radical (unpaired) electrons. The summed E-state index contributed by atoms with van der Waals surface area (Å²) in [6.07, 6.45) is 0.735. The highest BCUT2D eigenvalue weighted by molar-refractivity contribution is 6.05. The molecule has 1 heterocycles. The number of hydrogen-bond acceptors (Lipinski definition) is 3. The maximum Gasteiger partial charge on any atom is 0.259 e. The number of aryl methyl sites for hydroxylation is 2. The van der Waals surface area contributed by atoms with Gasteiger partial charge in [0.1, 0.15) is 5.75 Å². The van der Waals surface area contributed by atoms with Gasteiger partial charge in [0.2, 0.25) is 0 Å². The number of amides is 1. The second-order valence-electron chi connectivity index (χ2n) is 6.31. The van der Waals surface area contributed by atoms with Crippen molar-refractivity contribution >= 4 is 11.6 Å². The molecule has 1 aromatic heterocycles. The van der Waals surface area contributed by atoms with E-state index in [2.05, 4.69) is 22.5 Å². The number of nitrogens with zero attached hydrogens (tertiary/aromatic N) is 2. The third-order valence-corrected chi connectivity index (χ3v) is 4.51. The third-order valence-electron chi connectivity index (χ3n) is 4.51. The van der Waals surface area contributed by atoms with Crippen LogP contribution in [0.4, 0.5) is 5.69 Å². The van der Waals surface area contributed by atoms with E-state index in [-0.39, 0.29) is 5.91 Å². The van der Waals surface area contributed by atoms with E-state index in [1.807, 2.05) is 57.3 Å². The Labute approximate surface area is 153 Å². The first-order chi connectivity index (χ1) is 12.5. The highest BCUT2D eigenvalue weighted by Crippen LogP contribution is 2.26. The van der Waals surface area contributed by atoms with Crippen LogP contribution in [-0.4, -0.2) is 22.8 Å². The SMILES string of the molecule is COc1ccc(NC(=O)c2c(C)nn(C)c2C)cc1Cc1ccccc1. The van der Waals surface area contributed by atoms with E-state index in [9.17, 15) is 4.79 Å². The third kappa shape index (κ3) is 3.61. The number of hydrogen-bond donors (Lipinski definition) is 1. The summed E-state index contributed by atoms with van der Waals surface area (Å²) in [5, 5.41) is 7.29. The number of carbonyl (C=O) groups is 1. The molecular formula is C21H23N3O2. The highest BCUT2D eigenvalue weighted by atomic mass is 16.5. The van der Waals surface area contributed by atoms with Crippen LogP contribution in [-0.2, 0) is 13.5 Å². The zero-order chi connectivity index (χ0) is 18.7. The lowest BCUT2D eigenvalue weighted by molar-refractivity contribution is 0.102. The molecule has 0 unspecified atom stereocenters. The minimum atomic E-state index is -0.149. The normalized spacial score (nSPS) is 10.6. The van der Waals surface area contributed by atoms with Crippen molar-refractivity contribution in [1.29, 1.82) is 0 Å². The zero-order valence-electron chi connectivity index (χ0n) is 15.5. The van der Waals surface area contributed by atoms with Crippen LogP contribution in [0.25, 0.3) is 0 Å². The summed E-state index contributed by atoms with van der Waals surface area (Å²) < 4.78 is 7.20. The molecule has 1 N–H and O–H groups in total. The Morgan fingerprint density at radius 1 is 1.15 bits per heavy atom. The van der Waals surface area contributed by atoms with Crippen LogP contribution < -0.4 is 10.1 Å². The van der Waals surface area contributed by atoms with Gasteiger partial charge in [0.05, 0.1) is 18.4 Å². The molecule has 3 aromatic rings. The smallest absolute Gasteiger partial charge is 0.259 e. The number of rotatable bonds is 5. The average molecular weight is 349 g/mol. The molecule has 26 heavy (non-hydrogen) atoms. The minimum Gasteiger partial charge on any atom is -0.496 e. The molecule has 0 bridgehead atoms. The van der Waals surface area contributed by atoms with Crippen molar-refractivity contribution in [3.8, 4) is 5.75 Å². The van der Waals surface area contributed by atoms with E-state index in [1.165, 1.54) is 5.56 Å². The summed E-state index contributed by atoms with van der Waals surface area (Å²) in [7, 11) is 3.49. The van der Waals surface area contributed by atoms with Crippen molar-refractivity contribution in [2.24, 2.45) is 7.05 Å². The number of benzene rings is 2. The van der Waals surface area contributed by atoms with Gasteiger partial charge < -0.3 is 10.1 Å². The van der Waals surface area contributed by atoms with E-state index >= 15 is 0 Å². The molecule has 0 saturated heterocycles. The van der Waals surface area contributed by atoms with Crippen molar-refractivity contribution < 1.29 is 9.53 Å². The topological polar surface area (TPSA) is 56.1 Å². The molecule has 0 aliphatic heterocycles. The summed E-state index contributed by atoms with van der Waals surface area (Å²) in [5.41, 5.74) is 5.14. The Morgan fingerprint density at radius 2 is 1.88 bits per heavy atom. The fraction of sp³-hybridized carbons (Fsp3) is 0.238. The molecule has 1 amide bonds. The second kappa shape index (κ2) is 7.44.